The molecule has 6 atom stereocenters. The molecular weight excluding hydrogens is 504 g/mol. The molecule has 2 saturated heterocycles. The summed E-state index contributed by atoms with van der Waals surface area (Å²) in [5, 5.41) is 33.2. The Bertz CT molecular complexity index is 1110. The van der Waals surface area contributed by atoms with Crippen molar-refractivity contribution in [3.8, 4) is 5.75 Å². The minimum atomic E-state index is -1.82. The van der Waals surface area contributed by atoms with Crippen LogP contribution < -0.4 is 4.74 Å². The lowest BCUT2D eigenvalue weighted by molar-refractivity contribution is -0.337. The van der Waals surface area contributed by atoms with Gasteiger partial charge in [-0.05, 0) is 69.5 Å². The highest BCUT2D eigenvalue weighted by atomic mass is 35.5. The van der Waals surface area contributed by atoms with Gasteiger partial charge in [0.2, 0.25) is 5.79 Å². The van der Waals surface area contributed by atoms with Crippen LogP contribution in [0.2, 0.25) is 5.02 Å². The van der Waals surface area contributed by atoms with E-state index >= 15 is 0 Å². The van der Waals surface area contributed by atoms with Crippen LogP contribution in [0.3, 0.4) is 0 Å². The number of hydrogen-bond donors (Lipinski definition) is 3. The number of rotatable bonds is 8. The molecule has 10 heteroatoms. The fourth-order valence-electron chi connectivity index (χ4n) is 4.77. The molecule has 37 heavy (non-hydrogen) atoms. The smallest absolute Gasteiger partial charge is 0.494 e. The quantitative estimate of drug-likeness (QED) is 0.436. The Kier molecular flexibility index (Phi) is 8.04. The second kappa shape index (κ2) is 10.8. The van der Waals surface area contributed by atoms with Gasteiger partial charge in [-0.1, -0.05) is 29.8 Å². The van der Waals surface area contributed by atoms with Gasteiger partial charge in [-0.25, -0.2) is 4.79 Å². The standard InChI is InChI=1S/C27H33ClO9/c1-5-33-20-9-6-17(7-10-20)12-18-13-19(8-11-21(18)28)27-24(31)22(29)23(30)26(37-27,14-34-27)16(4)36-25(32)35-15(2)3/h6-11,13,15-16,22-24,29-31H,5,12,14H2,1-4H3/t16?,22-,23-,24+,26+,27-/m0/s1. The first-order valence-electron chi connectivity index (χ1n) is 12.3. The summed E-state index contributed by atoms with van der Waals surface area (Å²) < 4.78 is 28.1. The average Bonchev–Trinajstić information content (AvgIpc) is 3.25. The Morgan fingerprint density at radius 3 is 2.43 bits per heavy atom. The SMILES string of the molecule is CCOc1ccc(Cc2cc([C@]34OC[C@](C(C)OC(=O)OC(C)C)(O3)[C@@H](O)[C@H](O)[C@H]4O)ccc2Cl)cc1. The predicted molar refractivity (Wildman–Crippen MR) is 133 cm³/mol. The summed E-state index contributed by atoms with van der Waals surface area (Å²) in [6.07, 6.45) is -6.84. The Morgan fingerprint density at radius 1 is 1.08 bits per heavy atom. The second-order valence-corrected chi connectivity index (χ2v) is 10.0. The number of halogens is 1. The summed E-state index contributed by atoms with van der Waals surface area (Å²) in [5.74, 6) is -1.06. The highest BCUT2D eigenvalue weighted by Crippen LogP contribution is 2.51. The molecule has 0 radical (unpaired) electrons. The van der Waals surface area contributed by atoms with Gasteiger partial charge in [-0.15, -0.1) is 0 Å². The van der Waals surface area contributed by atoms with E-state index < -0.39 is 48.1 Å². The van der Waals surface area contributed by atoms with Gasteiger partial charge in [0.1, 0.15) is 30.2 Å². The monoisotopic (exact) mass is 536 g/mol. The van der Waals surface area contributed by atoms with Crippen LogP contribution in [0, 0.1) is 0 Å². The zero-order valence-corrected chi connectivity index (χ0v) is 22.0. The van der Waals surface area contributed by atoms with Gasteiger partial charge in [0, 0.05) is 10.6 Å². The molecule has 4 rings (SSSR count). The van der Waals surface area contributed by atoms with Crippen molar-refractivity contribution in [2.45, 2.75) is 76.0 Å². The van der Waals surface area contributed by atoms with E-state index in [1.807, 2.05) is 31.2 Å². The molecule has 2 bridgehead atoms. The van der Waals surface area contributed by atoms with E-state index in [4.69, 9.17) is 35.3 Å². The Morgan fingerprint density at radius 2 is 1.78 bits per heavy atom. The van der Waals surface area contributed by atoms with Crippen molar-refractivity contribution in [2.24, 2.45) is 0 Å². The number of carbonyl (C=O) groups is 1. The molecule has 3 N–H and O–H groups in total. The maximum absolute atomic E-state index is 12.1. The zero-order chi connectivity index (χ0) is 27.0. The van der Waals surface area contributed by atoms with E-state index in [1.165, 1.54) is 6.92 Å². The fraction of sp³-hybridized carbons (Fsp3) is 0.519. The Labute approximate surface area is 220 Å². The van der Waals surface area contributed by atoms with E-state index in [-0.39, 0.29) is 6.61 Å². The van der Waals surface area contributed by atoms with E-state index in [0.29, 0.717) is 23.6 Å². The summed E-state index contributed by atoms with van der Waals surface area (Å²) in [6, 6.07) is 12.7. The van der Waals surface area contributed by atoms with Gasteiger partial charge in [0.25, 0.3) is 0 Å². The maximum atomic E-state index is 12.1. The second-order valence-electron chi connectivity index (χ2n) is 9.63. The first kappa shape index (κ1) is 27.6. The van der Waals surface area contributed by atoms with Crippen molar-refractivity contribution in [3.05, 3.63) is 64.2 Å². The third kappa shape index (κ3) is 5.16. The van der Waals surface area contributed by atoms with Gasteiger partial charge in [0.05, 0.1) is 19.3 Å². The first-order chi connectivity index (χ1) is 17.5. The highest BCUT2D eigenvalue weighted by molar-refractivity contribution is 6.31. The van der Waals surface area contributed by atoms with Crippen molar-refractivity contribution < 1.29 is 43.8 Å². The molecule has 2 aromatic rings. The third-order valence-electron chi connectivity index (χ3n) is 6.76. The van der Waals surface area contributed by atoms with Crippen LogP contribution in [0.5, 0.6) is 5.75 Å². The van der Waals surface area contributed by atoms with Crippen LogP contribution in [0.4, 0.5) is 4.79 Å². The normalized spacial score (nSPS) is 29.7. The highest BCUT2D eigenvalue weighted by Gasteiger charge is 2.69. The number of aliphatic hydroxyl groups excluding tert-OH is 3. The van der Waals surface area contributed by atoms with Crippen molar-refractivity contribution in [1.29, 1.82) is 0 Å². The minimum absolute atomic E-state index is 0.255. The third-order valence-corrected chi connectivity index (χ3v) is 7.13. The molecule has 202 valence electrons. The molecule has 0 aliphatic carbocycles. The molecule has 1 unspecified atom stereocenters. The van der Waals surface area contributed by atoms with E-state index in [2.05, 4.69) is 0 Å². The summed E-state index contributed by atoms with van der Waals surface area (Å²) in [5.41, 5.74) is 0.465. The van der Waals surface area contributed by atoms with Crippen molar-refractivity contribution in [1.82, 2.24) is 0 Å². The van der Waals surface area contributed by atoms with Crippen molar-refractivity contribution in [3.63, 3.8) is 0 Å². The molecule has 9 nitrogen and oxygen atoms in total. The molecule has 2 aromatic carbocycles. The minimum Gasteiger partial charge on any atom is -0.494 e. The number of aliphatic hydroxyl groups is 3. The lowest BCUT2D eigenvalue weighted by Gasteiger charge is -2.48. The Balaban J connectivity index is 1.63. The number of hydrogen-bond acceptors (Lipinski definition) is 9. The molecular formula is C27H33ClO9. The van der Waals surface area contributed by atoms with E-state index in [9.17, 15) is 20.1 Å². The van der Waals surface area contributed by atoms with Crippen LogP contribution in [0.1, 0.15) is 44.4 Å². The number of ether oxygens (including phenoxy) is 5. The zero-order valence-electron chi connectivity index (χ0n) is 21.2. The van der Waals surface area contributed by atoms with Crippen LogP contribution in [-0.2, 0) is 31.2 Å². The fourth-order valence-corrected chi connectivity index (χ4v) is 4.96. The van der Waals surface area contributed by atoms with Crippen molar-refractivity contribution in [2.75, 3.05) is 13.2 Å². The lowest BCUT2D eigenvalue weighted by atomic mass is 9.81. The molecule has 2 aliphatic rings. The van der Waals surface area contributed by atoms with Crippen LogP contribution >= 0.6 is 11.6 Å². The summed E-state index contributed by atoms with van der Waals surface area (Å²) in [6.45, 7) is 7.09. The van der Waals surface area contributed by atoms with E-state index in [0.717, 1.165) is 16.9 Å². The number of carbonyl (C=O) groups excluding carboxylic acids is 1. The molecule has 0 saturated carbocycles. The predicted octanol–water partition coefficient (Wildman–Crippen LogP) is 3.31. The van der Waals surface area contributed by atoms with Crippen LogP contribution in [0.15, 0.2) is 42.5 Å². The number of fused-ring (bicyclic) bond motifs is 2. The van der Waals surface area contributed by atoms with E-state index in [1.54, 1.807) is 32.0 Å². The van der Waals surface area contributed by atoms with Gasteiger partial charge < -0.3 is 39.0 Å². The summed E-state index contributed by atoms with van der Waals surface area (Å²) >= 11 is 6.50. The molecule has 0 aromatic heterocycles. The van der Waals surface area contributed by atoms with Gasteiger partial charge in [0.15, 0.2) is 5.60 Å². The first-order valence-corrected chi connectivity index (χ1v) is 12.7. The Hall–Kier alpha value is -2.40. The molecule has 2 aliphatic heterocycles. The topological polar surface area (TPSA) is 124 Å². The summed E-state index contributed by atoms with van der Waals surface area (Å²) in [7, 11) is 0. The van der Waals surface area contributed by atoms with Crippen molar-refractivity contribution >= 4 is 17.8 Å². The molecule has 0 spiro atoms. The van der Waals surface area contributed by atoms with Crippen LogP contribution in [-0.4, -0.2) is 70.8 Å². The molecule has 2 fully saturated rings. The molecule has 2 heterocycles. The maximum Gasteiger partial charge on any atom is 0.508 e. The average molecular weight is 537 g/mol. The van der Waals surface area contributed by atoms with Gasteiger partial charge in [-0.3, -0.25) is 0 Å². The van der Waals surface area contributed by atoms with Gasteiger partial charge in [-0.2, -0.15) is 0 Å². The largest absolute Gasteiger partial charge is 0.508 e. The molecule has 0 amide bonds. The van der Waals surface area contributed by atoms with Crippen LogP contribution in [0.25, 0.3) is 0 Å². The lowest BCUT2D eigenvalue weighted by Crippen LogP contribution is -2.68. The number of benzene rings is 2. The van der Waals surface area contributed by atoms with Gasteiger partial charge >= 0.3 is 6.16 Å². The summed E-state index contributed by atoms with van der Waals surface area (Å²) in [4.78, 5) is 12.1.